The lowest BCUT2D eigenvalue weighted by Gasteiger charge is -2.21. The molecule has 1 N–H and O–H groups in total. The summed E-state index contributed by atoms with van der Waals surface area (Å²) in [5.41, 5.74) is 1.76. The van der Waals surface area contributed by atoms with E-state index in [-0.39, 0.29) is 5.97 Å². The number of rotatable bonds is 7. The molecule has 1 aromatic heterocycles. The van der Waals surface area contributed by atoms with Crippen LogP contribution in [0.25, 0.3) is 0 Å². The number of hydrogen-bond acceptors (Lipinski definition) is 4. The topological polar surface area (TPSA) is 56.1 Å². The van der Waals surface area contributed by atoms with Crippen molar-refractivity contribution in [3.05, 3.63) is 17.5 Å². The van der Waals surface area contributed by atoms with Gasteiger partial charge in [0.2, 0.25) is 0 Å². The Labute approximate surface area is 115 Å². The third-order valence-electron chi connectivity index (χ3n) is 3.13. The monoisotopic (exact) mass is 267 g/mol. The number of aryl methyl sites for hydroxylation is 3. The number of methoxy groups -OCH3 is 1. The van der Waals surface area contributed by atoms with Gasteiger partial charge in [0.05, 0.1) is 18.2 Å². The third-order valence-corrected chi connectivity index (χ3v) is 3.13. The Hall–Kier alpha value is -1.36. The molecule has 1 heterocycles. The van der Waals surface area contributed by atoms with E-state index in [0.29, 0.717) is 6.54 Å². The van der Waals surface area contributed by atoms with E-state index in [1.54, 1.807) is 0 Å². The smallest absolute Gasteiger partial charge is 0.312 e. The SMILES string of the molecule is COC(=O)C(C)(C)CNCCCn1nc(C)cc1C. The lowest BCUT2D eigenvalue weighted by molar-refractivity contribution is -0.150. The molecule has 108 valence electrons. The summed E-state index contributed by atoms with van der Waals surface area (Å²) in [4.78, 5) is 11.5. The average molecular weight is 267 g/mol. The number of hydrogen-bond donors (Lipinski definition) is 1. The summed E-state index contributed by atoms with van der Waals surface area (Å²) in [6, 6.07) is 2.08. The second-order valence-electron chi connectivity index (χ2n) is 5.56. The van der Waals surface area contributed by atoms with Crippen LogP contribution in [-0.2, 0) is 16.1 Å². The molecule has 0 aromatic carbocycles. The number of ether oxygens (including phenoxy) is 1. The molecule has 1 aromatic rings. The first kappa shape index (κ1) is 15.7. The number of carbonyl (C=O) groups is 1. The summed E-state index contributed by atoms with van der Waals surface area (Å²) in [5.74, 6) is -0.182. The number of carbonyl (C=O) groups excluding carboxylic acids is 1. The van der Waals surface area contributed by atoms with E-state index >= 15 is 0 Å². The molecule has 0 atom stereocenters. The molecule has 0 saturated heterocycles. The first-order valence-corrected chi connectivity index (χ1v) is 6.67. The quantitative estimate of drug-likeness (QED) is 0.603. The second kappa shape index (κ2) is 6.70. The highest BCUT2D eigenvalue weighted by Crippen LogP contribution is 2.15. The molecule has 0 radical (unpaired) electrons. The van der Waals surface area contributed by atoms with Gasteiger partial charge in [0, 0.05) is 18.8 Å². The van der Waals surface area contributed by atoms with Gasteiger partial charge in [0.25, 0.3) is 0 Å². The zero-order chi connectivity index (χ0) is 14.5. The van der Waals surface area contributed by atoms with Gasteiger partial charge < -0.3 is 10.1 Å². The number of nitrogens with one attached hydrogen (secondary N) is 1. The fourth-order valence-corrected chi connectivity index (χ4v) is 2.00. The third kappa shape index (κ3) is 4.67. The largest absolute Gasteiger partial charge is 0.469 e. The molecule has 0 bridgehead atoms. The van der Waals surface area contributed by atoms with Gasteiger partial charge in [-0.15, -0.1) is 0 Å². The molecule has 0 spiro atoms. The lowest BCUT2D eigenvalue weighted by Crippen LogP contribution is -2.37. The van der Waals surface area contributed by atoms with Crippen LogP contribution in [0.4, 0.5) is 0 Å². The van der Waals surface area contributed by atoms with E-state index in [0.717, 1.165) is 25.2 Å². The van der Waals surface area contributed by atoms with Crippen molar-refractivity contribution in [2.75, 3.05) is 20.2 Å². The molecule has 0 aliphatic carbocycles. The minimum absolute atomic E-state index is 0.182. The van der Waals surface area contributed by atoms with Gasteiger partial charge in [-0.2, -0.15) is 5.10 Å². The predicted molar refractivity (Wildman–Crippen MR) is 75.0 cm³/mol. The molecule has 0 saturated carbocycles. The number of nitrogens with zero attached hydrogens (tertiary/aromatic N) is 2. The lowest BCUT2D eigenvalue weighted by atomic mass is 9.94. The highest BCUT2D eigenvalue weighted by molar-refractivity contribution is 5.76. The molecule has 5 heteroatoms. The summed E-state index contributed by atoms with van der Waals surface area (Å²) >= 11 is 0. The summed E-state index contributed by atoms with van der Waals surface area (Å²) in [7, 11) is 1.42. The maximum atomic E-state index is 11.5. The Bertz CT molecular complexity index is 424. The van der Waals surface area contributed by atoms with E-state index in [2.05, 4.69) is 23.4 Å². The maximum Gasteiger partial charge on any atom is 0.312 e. The first-order valence-electron chi connectivity index (χ1n) is 6.67. The zero-order valence-corrected chi connectivity index (χ0v) is 12.6. The summed E-state index contributed by atoms with van der Waals surface area (Å²) < 4.78 is 6.78. The van der Waals surface area contributed by atoms with Gasteiger partial charge in [-0.25, -0.2) is 0 Å². The molecular weight excluding hydrogens is 242 g/mol. The van der Waals surface area contributed by atoms with Crippen LogP contribution in [0.15, 0.2) is 6.07 Å². The van der Waals surface area contributed by atoms with Crippen LogP contribution in [0.2, 0.25) is 0 Å². The van der Waals surface area contributed by atoms with Crippen LogP contribution in [0.3, 0.4) is 0 Å². The molecule has 1 rings (SSSR count). The Kier molecular flexibility index (Phi) is 5.54. The van der Waals surface area contributed by atoms with Crippen molar-refractivity contribution in [3.63, 3.8) is 0 Å². The van der Waals surface area contributed by atoms with Gasteiger partial charge in [0.15, 0.2) is 0 Å². The van der Waals surface area contributed by atoms with Gasteiger partial charge in [-0.3, -0.25) is 9.48 Å². The normalized spacial score (nSPS) is 11.6. The van der Waals surface area contributed by atoms with Gasteiger partial charge in [-0.05, 0) is 46.7 Å². The van der Waals surface area contributed by atoms with Crippen molar-refractivity contribution in [3.8, 4) is 0 Å². The minimum Gasteiger partial charge on any atom is -0.469 e. The van der Waals surface area contributed by atoms with E-state index in [1.807, 2.05) is 25.5 Å². The highest BCUT2D eigenvalue weighted by Gasteiger charge is 2.27. The van der Waals surface area contributed by atoms with E-state index < -0.39 is 5.41 Å². The average Bonchev–Trinajstić information content (AvgIpc) is 2.66. The van der Waals surface area contributed by atoms with E-state index in [9.17, 15) is 4.79 Å². The van der Waals surface area contributed by atoms with Gasteiger partial charge in [0.1, 0.15) is 0 Å². The predicted octanol–water partition coefficient (Wildman–Crippen LogP) is 1.68. The van der Waals surface area contributed by atoms with Crippen LogP contribution in [-0.4, -0.2) is 35.9 Å². The van der Waals surface area contributed by atoms with Crippen LogP contribution in [0.5, 0.6) is 0 Å². The van der Waals surface area contributed by atoms with Crippen molar-refractivity contribution >= 4 is 5.97 Å². The van der Waals surface area contributed by atoms with Crippen LogP contribution >= 0.6 is 0 Å². The number of esters is 1. The Balaban J connectivity index is 2.25. The first-order chi connectivity index (χ1) is 8.86. The molecule has 0 unspecified atom stereocenters. The van der Waals surface area contributed by atoms with E-state index in [1.165, 1.54) is 12.8 Å². The van der Waals surface area contributed by atoms with Crippen molar-refractivity contribution in [2.24, 2.45) is 5.41 Å². The van der Waals surface area contributed by atoms with Crippen LogP contribution in [0.1, 0.15) is 31.7 Å². The standard InChI is InChI=1S/C14H25N3O2/c1-11-9-12(2)17(16-11)8-6-7-15-10-14(3,4)13(18)19-5/h9,15H,6-8,10H2,1-5H3. The summed E-state index contributed by atoms with van der Waals surface area (Å²) in [6.07, 6.45) is 0.985. The maximum absolute atomic E-state index is 11.5. The van der Waals surface area contributed by atoms with Crippen LogP contribution < -0.4 is 5.32 Å². The number of aromatic nitrogens is 2. The molecular formula is C14H25N3O2. The summed E-state index contributed by atoms with van der Waals surface area (Å²) in [6.45, 7) is 10.2. The van der Waals surface area contributed by atoms with Crippen molar-refractivity contribution in [1.29, 1.82) is 0 Å². The fraction of sp³-hybridized carbons (Fsp3) is 0.714. The van der Waals surface area contributed by atoms with E-state index in [4.69, 9.17) is 4.74 Å². The molecule has 19 heavy (non-hydrogen) atoms. The Morgan fingerprint density at radius 2 is 2.16 bits per heavy atom. The van der Waals surface area contributed by atoms with Gasteiger partial charge >= 0.3 is 5.97 Å². The van der Waals surface area contributed by atoms with Crippen molar-refractivity contribution in [1.82, 2.24) is 15.1 Å². The molecule has 0 aliphatic heterocycles. The molecule has 0 amide bonds. The summed E-state index contributed by atoms with van der Waals surface area (Å²) in [5, 5.41) is 7.71. The Morgan fingerprint density at radius 1 is 1.47 bits per heavy atom. The highest BCUT2D eigenvalue weighted by atomic mass is 16.5. The van der Waals surface area contributed by atoms with Crippen molar-refractivity contribution < 1.29 is 9.53 Å². The Morgan fingerprint density at radius 3 is 2.68 bits per heavy atom. The molecule has 0 fully saturated rings. The minimum atomic E-state index is -0.479. The molecule has 0 aliphatic rings. The van der Waals surface area contributed by atoms with Crippen molar-refractivity contribution in [2.45, 2.75) is 40.7 Å². The van der Waals surface area contributed by atoms with Gasteiger partial charge in [-0.1, -0.05) is 0 Å². The second-order valence-corrected chi connectivity index (χ2v) is 5.56. The van der Waals surface area contributed by atoms with Crippen LogP contribution in [0, 0.1) is 19.3 Å². The zero-order valence-electron chi connectivity index (χ0n) is 12.6. The molecule has 5 nitrogen and oxygen atoms in total. The fourth-order valence-electron chi connectivity index (χ4n) is 2.00.